The van der Waals surface area contributed by atoms with Crippen LogP contribution in [-0.2, 0) is 42.1 Å². The average molecular weight is 1380 g/mol. The lowest BCUT2D eigenvalue weighted by Crippen LogP contribution is -2.51. The summed E-state index contributed by atoms with van der Waals surface area (Å²) >= 11 is 5.20. The minimum absolute atomic E-state index is 0.131. The molecule has 19 heteroatoms. The summed E-state index contributed by atoms with van der Waals surface area (Å²) in [6.45, 7) is 37.1. The number of carbonyl (C=O) groups is 2. The SMILES string of the molecule is CC1(C)CCC(C)(C)c2cc(-c3csc(N4CCC(NCCCC(=O)O)CC4)n3)ccc21.CN[C@@H](CO)C(=O)NC1CCN(c2nc(-c3ccc4c(c3)C(C)(C)CCC4(C)C)cs2)CC1.C[C@@H](O)[C@H](N)CNC1CCN(c2nc(-c3ccc4c(c3)C(C)(C)CCC4(C)C)cs2)CC1. The van der Waals surface area contributed by atoms with E-state index < -0.39 is 18.1 Å². The van der Waals surface area contributed by atoms with Gasteiger partial charge in [-0.05, 0) is 188 Å². The van der Waals surface area contributed by atoms with Crippen molar-refractivity contribution in [1.82, 2.24) is 36.2 Å². The van der Waals surface area contributed by atoms with Crippen molar-refractivity contribution in [2.75, 3.05) is 80.7 Å². The number of carboxylic acid groups (broad SMARTS) is 1. The molecule has 3 aliphatic carbocycles. The zero-order valence-corrected chi connectivity index (χ0v) is 63.2. The number of aromatic nitrogens is 3. The molecule has 0 saturated carbocycles. The van der Waals surface area contributed by atoms with Crippen LogP contribution in [0.1, 0.15) is 213 Å². The Balaban J connectivity index is 0.000000158. The molecule has 3 saturated heterocycles. The van der Waals surface area contributed by atoms with Crippen molar-refractivity contribution in [2.24, 2.45) is 5.73 Å². The summed E-state index contributed by atoms with van der Waals surface area (Å²) in [4.78, 5) is 45.0. The number of aliphatic carboxylic acids is 1. The van der Waals surface area contributed by atoms with Crippen molar-refractivity contribution in [1.29, 1.82) is 0 Å². The Kier molecular flexibility index (Phi) is 23.7. The van der Waals surface area contributed by atoms with Crippen molar-refractivity contribution in [2.45, 2.75) is 249 Å². The van der Waals surface area contributed by atoms with Gasteiger partial charge in [0.05, 0.1) is 29.8 Å². The number of likely N-dealkylation sites (N-methyl/N-ethyl adjacent to an activating group) is 1. The number of rotatable bonds is 19. The molecule has 0 unspecified atom stereocenters. The third-order valence-electron chi connectivity index (χ3n) is 22.7. The molecule has 12 rings (SSSR count). The molecule has 0 bridgehead atoms. The van der Waals surface area contributed by atoms with Gasteiger partial charge >= 0.3 is 5.97 Å². The second kappa shape index (κ2) is 30.9. The molecule has 6 heterocycles. The second-order valence-electron chi connectivity index (χ2n) is 32.7. The van der Waals surface area contributed by atoms with Gasteiger partial charge in [0.1, 0.15) is 6.04 Å². The Morgan fingerprint density at radius 2 is 0.866 bits per heavy atom. The van der Waals surface area contributed by atoms with Crippen molar-refractivity contribution < 1.29 is 24.9 Å². The number of anilines is 3. The molecule has 6 aromatic rings. The van der Waals surface area contributed by atoms with Crippen LogP contribution in [0.15, 0.2) is 70.7 Å². The summed E-state index contributed by atoms with van der Waals surface area (Å²) in [5.74, 6) is -0.846. The zero-order chi connectivity index (χ0) is 69.8. The Morgan fingerprint density at radius 3 is 1.19 bits per heavy atom. The lowest BCUT2D eigenvalue weighted by Gasteiger charge is -2.42. The third kappa shape index (κ3) is 17.9. The van der Waals surface area contributed by atoms with Crippen molar-refractivity contribution in [3.63, 3.8) is 0 Å². The number of aliphatic hydroxyl groups excluding tert-OH is 2. The number of carbonyl (C=O) groups excluding carboxylic acids is 1. The number of thiazole rings is 3. The van der Waals surface area contributed by atoms with E-state index in [0.717, 1.165) is 117 Å². The number of hydrogen-bond donors (Lipinski definition) is 8. The number of fused-ring (bicyclic) bond motifs is 3. The monoisotopic (exact) mass is 1380 g/mol. The molecular weight excluding hydrogens is 1270 g/mol. The van der Waals surface area contributed by atoms with Gasteiger partial charge in [-0.1, -0.05) is 119 Å². The van der Waals surface area contributed by atoms with E-state index in [-0.39, 0.29) is 63.5 Å². The number of piperidine rings is 3. The summed E-state index contributed by atoms with van der Waals surface area (Å²) < 4.78 is 0. The smallest absolute Gasteiger partial charge is 0.303 e. The lowest BCUT2D eigenvalue weighted by molar-refractivity contribution is -0.137. The minimum atomic E-state index is -0.715. The van der Waals surface area contributed by atoms with Crippen LogP contribution in [0.25, 0.3) is 33.8 Å². The molecule has 6 aliphatic rings. The number of nitrogens with one attached hydrogen (secondary N) is 4. The van der Waals surface area contributed by atoms with Crippen molar-refractivity contribution in [3.8, 4) is 33.8 Å². The van der Waals surface area contributed by atoms with Gasteiger partial charge in [-0.2, -0.15) is 0 Å². The van der Waals surface area contributed by atoms with Gasteiger partial charge in [-0.3, -0.25) is 9.59 Å². The van der Waals surface area contributed by atoms with Crippen LogP contribution in [0.4, 0.5) is 15.4 Å². The quantitative estimate of drug-likeness (QED) is 0.0354. The number of nitrogens with two attached hydrogens (primary N) is 1. The first-order chi connectivity index (χ1) is 45.9. The van der Waals surface area contributed by atoms with Crippen LogP contribution >= 0.6 is 34.0 Å². The highest BCUT2D eigenvalue weighted by Crippen LogP contribution is 2.50. The summed E-state index contributed by atoms with van der Waals surface area (Å²) in [5.41, 5.74) is 23.1. The molecule has 9 N–H and O–H groups in total. The van der Waals surface area contributed by atoms with Gasteiger partial charge in [0.25, 0.3) is 0 Å². The molecule has 3 aromatic carbocycles. The molecule has 530 valence electrons. The minimum Gasteiger partial charge on any atom is -0.481 e. The van der Waals surface area contributed by atoms with E-state index in [2.05, 4.69) is 190 Å². The van der Waals surface area contributed by atoms with Crippen LogP contribution in [-0.4, -0.2) is 144 Å². The predicted octanol–water partition coefficient (Wildman–Crippen LogP) is 13.8. The largest absolute Gasteiger partial charge is 0.481 e. The highest BCUT2D eigenvalue weighted by Gasteiger charge is 2.40. The van der Waals surface area contributed by atoms with E-state index in [9.17, 15) is 19.8 Å². The van der Waals surface area contributed by atoms with Gasteiger partial charge in [-0.25, -0.2) is 15.0 Å². The molecule has 0 radical (unpaired) electrons. The highest BCUT2D eigenvalue weighted by molar-refractivity contribution is 7.14. The first-order valence-electron chi connectivity index (χ1n) is 36.2. The molecular formula is C78H115N11O5S3. The summed E-state index contributed by atoms with van der Waals surface area (Å²) in [5, 5.41) is 50.4. The molecule has 1 amide bonds. The molecule has 0 spiro atoms. The van der Waals surface area contributed by atoms with Crippen molar-refractivity contribution >= 4 is 61.3 Å². The number of hydrogen-bond acceptors (Lipinski definition) is 17. The Morgan fingerprint density at radius 1 is 0.536 bits per heavy atom. The molecule has 3 aliphatic heterocycles. The Labute approximate surface area is 591 Å². The maximum absolute atomic E-state index is 12.2. The summed E-state index contributed by atoms with van der Waals surface area (Å²) in [6, 6.07) is 21.3. The first kappa shape index (κ1) is 74.3. The van der Waals surface area contributed by atoms with E-state index in [4.69, 9.17) is 25.8 Å². The van der Waals surface area contributed by atoms with E-state index >= 15 is 0 Å². The fourth-order valence-electron chi connectivity index (χ4n) is 15.3. The zero-order valence-electron chi connectivity index (χ0n) is 60.8. The highest BCUT2D eigenvalue weighted by atomic mass is 32.1. The van der Waals surface area contributed by atoms with Crippen LogP contribution in [0.3, 0.4) is 0 Å². The van der Waals surface area contributed by atoms with Gasteiger partial charge in [0.15, 0.2) is 15.4 Å². The molecule has 3 fully saturated rings. The maximum atomic E-state index is 12.2. The van der Waals surface area contributed by atoms with Gasteiger partial charge in [-0.15, -0.1) is 34.0 Å². The molecule has 16 nitrogen and oxygen atoms in total. The Hall–Kier alpha value is -5.35. The number of amides is 1. The number of aliphatic hydroxyl groups is 2. The normalized spacial score (nSPS) is 21.1. The number of carboxylic acids is 1. The summed E-state index contributed by atoms with van der Waals surface area (Å²) in [7, 11) is 1.69. The van der Waals surface area contributed by atoms with Gasteiger partial charge in [0.2, 0.25) is 5.91 Å². The fourth-order valence-corrected chi connectivity index (χ4v) is 17.9. The molecule has 97 heavy (non-hydrogen) atoms. The van der Waals surface area contributed by atoms with E-state index in [1.807, 2.05) is 0 Å². The van der Waals surface area contributed by atoms with Crippen LogP contribution < -0.4 is 41.7 Å². The van der Waals surface area contributed by atoms with E-state index in [1.54, 1.807) is 48.0 Å². The van der Waals surface area contributed by atoms with Crippen LogP contribution in [0, 0.1) is 0 Å². The van der Waals surface area contributed by atoms with Crippen molar-refractivity contribution in [3.05, 3.63) is 104 Å². The van der Waals surface area contributed by atoms with Crippen LogP contribution in [0.5, 0.6) is 0 Å². The average Bonchev–Trinajstić information content (AvgIpc) is 1.13. The number of benzene rings is 3. The fraction of sp³-hybridized carbons (Fsp3) is 0.628. The first-order valence-corrected chi connectivity index (χ1v) is 38.8. The third-order valence-corrected chi connectivity index (χ3v) is 25.4. The van der Waals surface area contributed by atoms with E-state index in [1.165, 1.54) is 88.6 Å². The molecule has 3 atom stereocenters. The van der Waals surface area contributed by atoms with Gasteiger partial charge in [0, 0.05) is 109 Å². The lowest BCUT2D eigenvalue weighted by atomic mass is 9.63. The van der Waals surface area contributed by atoms with Gasteiger partial charge < -0.3 is 57.0 Å². The molecule has 3 aromatic heterocycles. The second-order valence-corrected chi connectivity index (χ2v) is 35.2. The topological polar surface area (TPSA) is 217 Å². The summed E-state index contributed by atoms with van der Waals surface area (Å²) in [6.07, 6.45) is 13.9. The standard InChI is InChI=1S/C26H38N4O2S.C26H40N4OS.C26H37N3O2S/c1-25(2)10-11-26(3,4)20-14-17(6-7-19(20)25)22-16-33-24(29-22)30-12-8-18(9-13-30)28-23(32)21(15-31)27-5;1-17(31)22(27)15-28-19-8-12-30(13-9-19)24-29-23(16-32-24)18-6-7-20-21(14-18)26(4,5)11-10-25(20,2)3;1-25(2)11-12-26(3,4)21-16-18(7-8-20(21)25)22-17-32-24(28-22)29-14-9-19(10-15-29)27-13-5-6-23(30)31/h6-7,14,16,18,21,27,31H,8-13,15H2,1-5H3,(H,28,32);6-7,14,16-17,19,22,28,31H,8-13,15,27H2,1-5H3;7-8,16-17,19,27H,5-6,9-15H2,1-4H3,(H,30,31)/t21-;17-,22-;/m01./s1. The number of nitrogens with zero attached hydrogens (tertiary/aromatic N) is 6. The predicted molar refractivity (Wildman–Crippen MR) is 405 cm³/mol. The maximum Gasteiger partial charge on any atom is 0.303 e. The van der Waals surface area contributed by atoms with E-state index in [0.29, 0.717) is 25.0 Å². The Bertz CT molecular complexity index is 3610. The van der Waals surface area contributed by atoms with Crippen LogP contribution in [0.2, 0.25) is 0 Å².